The van der Waals surface area contributed by atoms with Crippen molar-refractivity contribution in [2.24, 2.45) is 0 Å². The van der Waals surface area contributed by atoms with Gasteiger partial charge < -0.3 is 11.1 Å². The fraction of sp³-hybridized carbons (Fsp3) is 0.0833. The molecule has 1 aromatic heterocycles. The lowest BCUT2D eigenvalue weighted by atomic mass is 10.2. The van der Waals surface area contributed by atoms with Crippen LogP contribution < -0.4 is 11.1 Å². The van der Waals surface area contributed by atoms with Crippen molar-refractivity contribution in [2.75, 3.05) is 11.1 Å². The van der Waals surface area contributed by atoms with E-state index in [9.17, 15) is 4.39 Å². The van der Waals surface area contributed by atoms with E-state index in [-0.39, 0.29) is 5.82 Å². The van der Waals surface area contributed by atoms with Crippen molar-refractivity contribution in [3.8, 4) is 0 Å². The highest BCUT2D eigenvalue weighted by Crippen LogP contribution is 2.32. The lowest BCUT2D eigenvalue weighted by molar-refractivity contribution is 0.627. The molecule has 18 heavy (non-hydrogen) atoms. The number of anilines is 3. The number of nitrogens with two attached hydrogens (primary N) is 1. The van der Waals surface area contributed by atoms with E-state index in [4.69, 9.17) is 5.73 Å². The number of rotatable bonds is 2. The zero-order valence-electron chi connectivity index (χ0n) is 9.47. The first-order valence-electron chi connectivity index (χ1n) is 5.11. The van der Waals surface area contributed by atoms with Crippen LogP contribution in [0.15, 0.2) is 33.3 Å². The van der Waals surface area contributed by atoms with Crippen molar-refractivity contribution >= 4 is 49.1 Å². The number of nitrogen functional groups attached to an aromatic ring is 1. The molecule has 0 saturated heterocycles. The van der Waals surface area contributed by atoms with Crippen LogP contribution in [0, 0.1) is 12.7 Å². The number of hydrogen-bond donors (Lipinski definition) is 2. The molecule has 0 unspecified atom stereocenters. The van der Waals surface area contributed by atoms with Gasteiger partial charge in [-0.2, -0.15) is 0 Å². The average Bonchev–Trinajstić information content (AvgIpc) is 2.33. The van der Waals surface area contributed by atoms with Gasteiger partial charge in [-0.3, -0.25) is 0 Å². The molecule has 0 radical (unpaired) electrons. The number of nitrogens with zero attached hydrogens (tertiary/aromatic N) is 1. The van der Waals surface area contributed by atoms with Crippen LogP contribution in [0.1, 0.15) is 5.56 Å². The standard InChI is InChI=1S/C12H10Br2FN3/c1-6-9(16)5-17-12(11(6)14)18-10-3-2-7(15)4-8(10)13/h2-5H,16H2,1H3,(H,17,18). The van der Waals surface area contributed by atoms with Gasteiger partial charge in [0.1, 0.15) is 11.6 Å². The third-order valence-corrected chi connectivity index (χ3v) is 4.11. The molecule has 0 aliphatic carbocycles. The second-order valence-electron chi connectivity index (χ2n) is 3.75. The Morgan fingerprint density at radius 2 is 2.06 bits per heavy atom. The van der Waals surface area contributed by atoms with E-state index in [1.54, 1.807) is 12.3 Å². The van der Waals surface area contributed by atoms with Gasteiger partial charge in [-0.05, 0) is 62.5 Å². The second-order valence-corrected chi connectivity index (χ2v) is 5.40. The minimum absolute atomic E-state index is 0.298. The molecule has 0 atom stereocenters. The Bertz CT molecular complexity index is 602. The molecule has 0 amide bonds. The molecule has 3 nitrogen and oxygen atoms in total. The molecule has 0 bridgehead atoms. The molecule has 0 fully saturated rings. The molecule has 1 aromatic carbocycles. The maximum absolute atomic E-state index is 13.0. The summed E-state index contributed by atoms with van der Waals surface area (Å²) < 4.78 is 14.4. The summed E-state index contributed by atoms with van der Waals surface area (Å²) in [6.45, 7) is 1.89. The van der Waals surface area contributed by atoms with Crippen LogP contribution >= 0.6 is 31.9 Å². The summed E-state index contributed by atoms with van der Waals surface area (Å²) in [5.74, 6) is 0.335. The van der Waals surface area contributed by atoms with E-state index in [0.717, 1.165) is 15.7 Å². The SMILES string of the molecule is Cc1c(N)cnc(Nc2ccc(F)cc2Br)c1Br. The summed E-state index contributed by atoms with van der Waals surface area (Å²) in [5, 5.41) is 3.11. The van der Waals surface area contributed by atoms with Crippen molar-refractivity contribution in [3.63, 3.8) is 0 Å². The predicted molar refractivity (Wildman–Crippen MR) is 78.5 cm³/mol. The van der Waals surface area contributed by atoms with Gasteiger partial charge in [-0.15, -0.1) is 0 Å². The highest BCUT2D eigenvalue weighted by Gasteiger charge is 2.09. The van der Waals surface area contributed by atoms with E-state index < -0.39 is 0 Å². The van der Waals surface area contributed by atoms with Crippen molar-refractivity contribution in [1.82, 2.24) is 4.98 Å². The molecule has 2 aromatic rings. The summed E-state index contributed by atoms with van der Waals surface area (Å²) in [4.78, 5) is 4.20. The number of halogens is 3. The van der Waals surface area contributed by atoms with Crippen LogP contribution in [0.3, 0.4) is 0 Å². The summed E-state index contributed by atoms with van der Waals surface area (Å²) in [7, 11) is 0. The van der Waals surface area contributed by atoms with Gasteiger partial charge in [0.2, 0.25) is 0 Å². The van der Waals surface area contributed by atoms with Crippen LogP contribution in [-0.4, -0.2) is 4.98 Å². The van der Waals surface area contributed by atoms with E-state index in [0.29, 0.717) is 16.0 Å². The molecular formula is C12H10Br2FN3. The van der Waals surface area contributed by atoms with Crippen molar-refractivity contribution in [2.45, 2.75) is 6.92 Å². The minimum atomic E-state index is -0.298. The predicted octanol–water partition coefficient (Wildman–Crippen LogP) is 4.38. The summed E-state index contributed by atoms with van der Waals surface area (Å²) in [6, 6.07) is 4.41. The molecule has 0 spiro atoms. The largest absolute Gasteiger partial charge is 0.397 e. The van der Waals surface area contributed by atoms with Crippen LogP contribution in [0.4, 0.5) is 21.6 Å². The molecule has 0 aliphatic rings. The van der Waals surface area contributed by atoms with Crippen molar-refractivity contribution < 1.29 is 4.39 Å². The molecule has 0 saturated carbocycles. The summed E-state index contributed by atoms with van der Waals surface area (Å²) >= 11 is 6.72. The van der Waals surface area contributed by atoms with Gasteiger partial charge in [-0.25, -0.2) is 9.37 Å². The van der Waals surface area contributed by atoms with Crippen LogP contribution in [0.5, 0.6) is 0 Å². The third kappa shape index (κ3) is 2.64. The fourth-order valence-electron chi connectivity index (χ4n) is 1.40. The lowest BCUT2D eigenvalue weighted by Crippen LogP contribution is -2.00. The first-order chi connectivity index (χ1) is 8.49. The van der Waals surface area contributed by atoms with Gasteiger partial charge >= 0.3 is 0 Å². The van der Waals surface area contributed by atoms with Crippen LogP contribution in [-0.2, 0) is 0 Å². The van der Waals surface area contributed by atoms with Crippen molar-refractivity contribution in [1.29, 1.82) is 0 Å². The molecule has 6 heteroatoms. The number of aromatic nitrogens is 1. The Morgan fingerprint density at radius 3 is 2.72 bits per heavy atom. The van der Waals surface area contributed by atoms with Gasteiger partial charge in [0.15, 0.2) is 0 Å². The third-order valence-electron chi connectivity index (χ3n) is 2.49. The molecule has 2 rings (SSSR count). The highest BCUT2D eigenvalue weighted by molar-refractivity contribution is 9.11. The fourth-order valence-corrected chi connectivity index (χ4v) is 2.28. The van der Waals surface area contributed by atoms with Gasteiger partial charge in [0.05, 0.1) is 22.0 Å². The van der Waals surface area contributed by atoms with Gasteiger partial charge in [0.25, 0.3) is 0 Å². The topological polar surface area (TPSA) is 50.9 Å². The first-order valence-corrected chi connectivity index (χ1v) is 6.70. The van der Waals surface area contributed by atoms with Gasteiger partial charge in [0, 0.05) is 4.47 Å². The zero-order chi connectivity index (χ0) is 13.3. The van der Waals surface area contributed by atoms with Crippen LogP contribution in [0.2, 0.25) is 0 Å². The molecular weight excluding hydrogens is 365 g/mol. The summed E-state index contributed by atoms with van der Waals surface area (Å²) in [6.07, 6.45) is 1.58. The molecule has 0 aliphatic heterocycles. The lowest BCUT2D eigenvalue weighted by Gasteiger charge is -2.12. The number of pyridine rings is 1. The van der Waals surface area contributed by atoms with Crippen molar-refractivity contribution in [3.05, 3.63) is 44.7 Å². The molecule has 94 valence electrons. The van der Waals surface area contributed by atoms with E-state index in [1.807, 2.05) is 6.92 Å². The average molecular weight is 375 g/mol. The summed E-state index contributed by atoms with van der Waals surface area (Å²) in [5.41, 5.74) is 8.01. The monoisotopic (exact) mass is 373 g/mol. The Balaban J connectivity index is 2.37. The highest BCUT2D eigenvalue weighted by atomic mass is 79.9. The van der Waals surface area contributed by atoms with E-state index in [2.05, 4.69) is 42.2 Å². The maximum atomic E-state index is 13.0. The molecule has 3 N–H and O–H groups in total. The van der Waals surface area contributed by atoms with Crippen LogP contribution in [0.25, 0.3) is 0 Å². The second kappa shape index (κ2) is 5.24. The smallest absolute Gasteiger partial charge is 0.145 e. The number of benzene rings is 1. The number of nitrogens with one attached hydrogen (secondary N) is 1. The quantitative estimate of drug-likeness (QED) is 0.820. The minimum Gasteiger partial charge on any atom is -0.397 e. The Kier molecular flexibility index (Phi) is 3.87. The first kappa shape index (κ1) is 13.3. The van der Waals surface area contributed by atoms with Gasteiger partial charge in [-0.1, -0.05) is 0 Å². The zero-order valence-corrected chi connectivity index (χ0v) is 12.6. The Labute approximate surface area is 121 Å². The Morgan fingerprint density at radius 1 is 1.33 bits per heavy atom. The Hall–Kier alpha value is -1.14. The number of hydrogen-bond acceptors (Lipinski definition) is 3. The maximum Gasteiger partial charge on any atom is 0.145 e. The van der Waals surface area contributed by atoms with E-state index in [1.165, 1.54) is 12.1 Å². The normalized spacial score (nSPS) is 10.4. The molecule has 1 heterocycles. The van der Waals surface area contributed by atoms with E-state index >= 15 is 0 Å².